The molecule has 3 rings (SSSR count). The Morgan fingerprint density at radius 1 is 1.33 bits per heavy atom. The number of nitrogens with zero attached hydrogens (tertiary/aromatic N) is 2. The van der Waals surface area contributed by atoms with Gasteiger partial charge in [-0.05, 0) is 24.5 Å². The summed E-state index contributed by atoms with van der Waals surface area (Å²) in [6, 6.07) is 5.97. The Bertz CT molecular complexity index is 896. The SMILES string of the molecule is O=C(O)c1ccccc1Cn1c(=O)c(F)cn(C2CCCO2)c1=O. The number of halogens is 1. The number of carboxylic acids is 1. The molecule has 7 nitrogen and oxygen atoms in total. The first kappa shape index (κ1) is 16.1. The van der Waals surface area contributed by atoms with Crippen molar-refractivity contribution in [3.63, 3.8) is 0 Å². The Kier molecular flexibility index (Phi) is 4.30. The molecule has 0 spiro atoms. The van der Waals surface area contributed by atoms with Gasteiger partial charge in [0.05, 0.1) is 18.3 Å². The van der Waals surface area contributed by atoms with Crippen LogP contribution in [-0.4, -0.2) is 26.8 Å². The second-order valence-electron chi connectivity index (χ2n) is 5.49. The molecule has 8 heteroatoms. The molecule has 1 unspecified atom stereocenters. The van der Waals surface area contributed by atoms with Crippen molar-refractivity contribution < 1.29 is 19.0 Å². The molecule has 0 saturated carbocycles. The maximum atomic E-state index is 14.0. The van der Waals surface area contributed by atoms with Gasteiger partial charge >= 0.3 is 11.7 Å². The fraction of sp³-hybridized carbons (Fsp3) is 0.312. The van der Waals surface area contributed by atoms with E-state index >= 15 is 0 Å². The highest BCUT2D eigenvalue weighted by Gasteiger charge is 2.22. The van der Waals surface area contributed by atoms with E-state index in [-0.39, 0.29) is 17.7 Å². The molecule has 0 bridgehead atoms. The maximum Gasteiger partial charge on any atom is 0.336 e. The van der Waals surface area contributed by atoms with Gasteiger partial charge in [-0.25, -0.2) is 9.59 Å². The largest absolute Gasteiger partial charge is 0.478 e. The third-order valence-electron chi connectivity index (χ3n) is 3.95. The molecule has 0 aliphatic carbocycles. The van der Waals surface area contributed by atoms with Gasteiger partial charge < -0.3 is 9.84 Å². The molecule has 2 aromatic rings. The molecule has 1 atom stereocenters. The lowest BCUT2D eigenvalue weighted by Crippen LogP contribution is -2.42. The molecule has 1 aromatic carbocycles. The smallest absolute Gasteiger partial charge is 0.336 e. The van der Waals surface area contributed by atoms with Crippen molar-refractivity contribution in [2.45, 2.75) is 25.6 Å². The van der Waals surface area contributed by atoms with E-state index in [4.69, 9.17) is 4.74 Å². The van der Waals surface area contributed by atoms with E-state index in [1.807, 2.05) is 0 Å². The molecule has 0 radical (unpaired) electrons. The van der Waals surface area contributed by atoms with E-state index < -0.39 is 29.3 Å². The number of benzene rings is 1. The summed E-state index contributed by atoms with van der Waals surface area (Å²) < 4.78 is 21.1. The van der Waals surface area contributed by atoms with Crippen LogP contribution in [-0.2, 0) is 11.3 Å². The summed E-state index contributed by atoms with van der Waals surface area (Å²) in [7, 11) is 0. The maximum absolute atomic E-state index is 14.0. The minimum absolute atomic E-state index is 0.0447. The van der Waals surface area contributed by atoms with Gasteiger partial charge in [0.25, 0.3) is 5.56 Å². The van der Waals surface area contributed by atoms with Crippen molar-refractivity contribution in [2.24, 2.45) is 0 Å². The number of hydrogen-bond acceptors (Lipinski definition) is 4. The van der Waals surface area contributed by atoms with Crippen LogP contribution >= 0.6 is 0 Å². The molecular weight excluding hydrogens is 319 g/mol. The van der Waals surface area contributed by atoms with Crippen LogP contribution in [0.4, 0.5) is 4.39 Å². The van der Waals surface area contributed by atoms with Crippen molar-refractivity contribution in [3.05, 3.63) is 68.2 Å². The minimum atomic E-state index is -1.19. The van der Waals surface area contributed by atoms with Crippen LogP contribution in [0.15, 0.2) is 40.1 Å². The van der Waals surface area contributed by atoms with E-state index in [9.17, 15) is 23.9 Å². The molecular formula is C16H15FN2O5. The van der Waals surface area contributed by atoms with E-state index in [0.717, 1.165) is 17.2 Å². The Balaban J connectivity index is 2.10. The number of aromatic carboxylic acids is 1. The molecule has 1 saturated heterocycles. The van der Waals surface area contributed by atoms with Gasteiger partial charge in [-0.15, -0.1) is 0 Å². The predicted molar refractivity (Wildman–Crippen MR) is 81.6 cm³/mol. The first-order chi connectivity index (χ1) is 11.5. The molecule has 1 aliphatic heterocycles. The fourth-order valence-electron chi connectivity index (χ4n) is 2.75. The first-order valence-corrected chi connectivity index (χ1v) is 7.43. The van der Waals surface area contributed by atoms with Crippen molar-refractivity contribution in [2.75, 3.05) is 6.61 Å². The third-order valence-corrected chi connectivity index (χ3v) is 3.95. The molecule has 1 aliphatic rings. The fourth-order valence-corrected chi connectivity index (χ4v) is 2.75. The normalized spacial score (nSPS) is 17.1. The van der Waals surface area contributed by atoms with Gasteiger partial charge in [0, 0.05) is 6.61 Å². The standard InChI is InChI=1S/C16H15FN2O5/c17-12-9-18(13-6-3-7-24-13)16(23)19(14(12)20)8-10-4-1-2-5-11(10)15(21)22/h1-2,4-5,9,13H,3,6-8H2,(H,21,22). The number of ether oxygens (including phenoxy) is 1. The second-order valence-corrected chi connectivity index (χ2v) is 5.49. The van der Waals surface area contributed by atoms with Crippen LogP contribution in [0.1, 0.15) is 35.0 Å². The van der Waals surface area contributed by atoms with Gasteiger partial charge in [-0.3, -0.25) is 13.9 Å². The van der Waals surface area contributed by atoms with Crippen LogP contribution < -0.4 is 11.2 Å². The van der Waals surface area contributed by atoms with Gasteiger partial charge in [0.1, 0.15) is 6.23 Å². The average Bonchev–Trinajstić information content (AvgIpc) is 3.09. The molecule has 1 fully saturated rings. The lowest BCUT2D eigenvalue weighted by atomic mass is 10.1. The molecule has 0 amide bonds. The topological polar surface area (TPSA) is 90.5 Å². The van der Waals surface area contributed by atoms with Crippen LogP contribution in [0.5, 0.6) is 0 Å². The number of rotatable bonds is 4. The highest BCUT2D eigenvalue weighted by Crippen LogP contribution is 2.20. The highest BCUT2D eigenvalue weighted by molar-refractivity contribution is 5.89. The molecule has 126 valence electrons. The molecule has 24 heavy (non-hydrogen) atoms. The van der Waals surface area contributed by atoms with Crippen LogP contribution in [0.2, 0.25) is 0 Å². The minimum Gasteiger partial charge on any atom is -0.478 e. The predicted octanol–water partition coefficient (Wildman–Crippen LogP) is 1.20. The van der Waals surface area contributed by atoms with Crippen LogP contribution in [0.3, 0.4) is 0 Å². The zero-order valence-corrected chi connectivity index (χ0v) is 12.6. The summed E-state index contributed by atoms with van der Waals surface area (Å²) in [6.45, 7) is 0.129. The van der Waals surface area contributed by atoms with Crippen molar-refractivity contribution in [1.29, 1.82) is 0 Å². The average molecular weight is 334 g/mol. The van der Waals surface area contributed by atoms with Crippen molar-refractivity contribution in [3.8, 4) is 0 Å². The lowest BCUT2D eigenvalue weighted by Gasteiger charge is -2.16. The molecule has 2 heterocycles. The quantitative estimate of drug-likeness (QED) is 0.907. The number of hydrogen-bond donors (Lipinski definition) is 1. The summed E-state index contributed by atoms with van der Waals surface area (Å²) >= 11 is 0. The first-order valence-electron chi connectivity index (χ1n) is 7.43. The summed E-state index contributed by atoms with van der Waals surface area (Å²) in [5.41, 5.74) is -1.62. The van der Waals surface area contributed by atoms with Crippen LogP contribution in [0, 0.1) is 5.82 Å². The Labute approximate surface area is 135 Å². The second kappa shape index (κ2) is 6.40. The van der Waals surface area contributed by atoms with Crippen LogP contribution in [0.25, 0.3) is 0 Å². The van der Waals surface area contributed by atoms with Gasteiger partial charge in [0.2, 0.25) is 5.82 Å². The molecule has 1 aromatic heterocycles. The summed E-state index contributed by atoms with van der Waals surface area (Å²) in [4.78, 5) is 35.8. The van der Waals surface area contributed by atoms with Gasteiger partial charge in [-0.1, -0.05) is 18.2 Å². The Morgan fingerprint density at radius 2 is 2.08 bits per heavy atom. The monoisotopic (exact) mass is 334 g/mol. The van der Waals surface area contributed by atoms with E-state index in [2.05, 4.69) is 0 Å². The number of carboxylic acid groups (broad SMARTS) is 1. The van der Waals surface area contributed by atoms with Gasteiger partial charge in [0.15, 0.2) is 0 Å². The third kappa shape index (κ3) is 2.88. The van der Waals surface area contributed by atoms with E-state index in [0.29, 0.717) is 17.6 Å². The summed E-state index contributed by atoms with van der Waals surface area (Å²) in [6.07, 6.45) is 1.51. The van der Waals surface area contributed by atoms with E-state index in [1.54, 1.807) is 6.07 Å². The zero-order chi connectivity index (χ0) is 17.3. The van der Waals surface area contributed by atoms with Gasteiger partial charge in [-0.2, -0.15) is 4.39 Å². The number of carbonyl (C=O) groups is 1. The van der Waals surface area contributed by atoms with Crippen molar-refractivity contribution in [1.82, 2.24) is 9.13 Å². The van der Waals surface area contributed by atoms with E-state index in [1.165, 1.54) is 18.2 Å². The number of aromatic nitrogens is 2. The summed E-state index contributed by atoms with van der Waals surface area (Å²) in [5.74, 6) is -2.27. The van der Waals surface area contributed by atoms with Crippen molar-refractivity contribution >= 4 is 5.97 Å². The highest BCUT2D eigenvalue weighted by atomic mass is 19.1. The Morgan fingerprint density at radius 3 is 2.75 bits per heavy atom. The summed E-state index contributed by atoms with van der Waals surface area (Å²) in [5, 5.41) is 9.20. The lowest BCUT2D eigenvalue weighted by molar-refractivity contribution is 0.0504. The molecule has 1 N–H and O–H groups in total. The zero-order valence-electron chi connectivity index (χ0n) is 12.6. The Hall–Kier alpha value is -2.74.